The summed E-state index contributed by atoms with van der Waals surface area (Å²) in [6.07, 6.45) is 3.74. The monoisotopic (exact) mass is 330 g/mol. The highest BCUT2D eigenvalue weighted by Crippen LogP contribution is 2.22. The molecule has 0 unspecified atom stereocenters. The second-order valence-corrected chi connectivity index (χ2v) is 5.14. The average molecular weight is 330 g/mol. The van der Waals surface area contributed by atoms with Crippen LogP contribution in [0.1, 0.15) is 35.3 Å². The Morgan fingerprint density at radius 1 is 1.17 bits per heavy atom. The summed E-state index contributed by atoms with van der Waals surface area (Å²) in [4.78, 5) is 27.4. The van der Waals surface area contributed by atoms with Crippen molar-refractivity contribution in [2.75, 3.05) is 11.9 Å². The number of hydrogen-bond acceptors (Lipinski definition) is 4. The first-order valence-corrected chi connectivity index (χ1v) is 7.74. The van der Waals surface area contributed by atoms with Crippen LogP contribution in [0.5, 0.6) is 0 Å². The molecule has 126 valence electrons. The molecule has 5 nitrogen and oxygen atoms in total. The SMILES string of the molecule is CCc1cccc(CC)c1NC(=O)COC(=O)c1ccncc1F. The molecule has 1 aromatic heterocycles. The van der Waals surface area contributed by atoms with Gasteiger partial charge in [0, 0.05) is 11.9 Å². The molecular formula is C18H19FN2O3. The highest BCUT2D eigenvalue weighted by atomic mass is 19.1. The number of aromatic nitrogens is 1. The van der Waals surface area contributed by atoms with Gasteiger partial charge >= 0.3 is 5.97 Å². The van der Waals surface area contributed by atoms with Gasteiger partial charge in [0.2, 0.25) is 0 Å². The fourth-order valence-electron chi connectivity index (χ4n) is 2.33. The van der Waals surface area contributed by atoms with Crippen LogP contribution in [0.3, 0.4) is 0 Å². The fraction of sp³-hybridized carbons (Fsp3) is 0.278. The van der Waals surface area contributed by atoms with Gasteiger partial charge in [0.05, 0.1) is 11.8 Å². The molecule has 0 aliphatic rings. The van der Waals surface area contributed by atoms with Crippen LogP contribution in [0.25, 0.3) is 0 Å². The molecule has 0 spiro atoms. The van der Waals surface area contributed by atoms with Gasteiger partial charge in [-0.3, -0.25) is 9.78 Å². The Hall–Kier alpha value is -2.76. The minimum atomic E-state index is -0.899. The number of carbonyl (C=O) groups is 2. The lowest BCUT2D eigenvalue weighted by molar-refractivity contribution is -0.119. The van der Waals surface area contributed by atoms with Crippen LogP contribution in [-0.4, -0.2) is 23.5 Å². The number of pyridine rings is 1. The van der Waals surface area contributed by atoms with Gasteiger partial charge in [-0.15, -0.1) is 0 Å². The lowest BCUT2D eigenvalue weighted by atomic mass is 10.0. The molecule has 0 aliphatic heterocycles. The largest absolute Gasteiger partial charge is 0.452 e. The predicted octanol–water partition coefficient (Wildman–Crippen LogP) is 3.14. The number of benzene rings is 1. The summed E-state index contributed by atoms with van der Waals surface area (Å²) in [6.45, 7) is 3.51. The molecule has 0 bridgehead atoms. The van der Waals surface area contributed by atoms with Gasteiger partial charge < -0.3 is 10.1 Å². The van der Waals surface area contributed by atoms with E-state index in [9.17, 15) is 14.0 Å². The van der Waals surface area contributed by atoms with Gasteiger partial charge in [0.25, 0.3) is 5.91 Å². The van der Waals surface area contributed by atoms with E-state index in [1.807, 2.05) is 32.0 Å². The van der Waals surface area contributed by atoms with E-state index in [-0.39, 0.29) is 5.56 Å². The molecule has 0 aliphatic carbocycles. The van der Waals surface area contributed by atoms with Gasteiger partial charge in [0.15, 0.2) is 12.4 Å². The molecule has 0 saturated heterocycles. The van der Waals surface area contributed by atoms with Crippen molar-refractivity contribution in [2.24, 2.45) is 0 Å². The fourth-order valence-corrected chi connectivity index (χ4v) is 2.33. The van der Waals surface area contributed by atoms with E-state index in [0.29, 0.717) is 0 Å². The maximum Gasteiger partial charge on any atom is 0.341 e. The number of amides is 1. The second-order valence-electron chi connectivity index (χ2n) is 5.14. The number of para-hydroxylation sites is 1. The quantitative estimate of drug-likeness (QED) is 0.826. The molecular weight excluding hydrogens is 311 g/mol. The van der Waals surface area contributed by atoms with E-state index in [4.69, 9.17) is 4.74 Å². The standard InChI is InChI=1S/C18H19FN2O3/c1-3-12-6-5-7-13(4-2)17(12)21-16(22)11-24-18(23)14-8-9-20-10-15(14)19/h5-10H,3-4,11H2,1-2H3,(H,21,22). The van der Waals surface area contributed by atoms with Crippen molar-refractivity contribution in [1.29, 1.82) is 0 Å². The number of ether oxygens (including phenoxy) is 1. The summed E-state index contributed by atoms with van der Waals surface area (Å²) in [5, 5.41) is 2.78. The molecule has 0 atom stereocenters. The van der Waals surface area contributed by atoms with E-state index >= 15 is 0 Å². The molecule has 2 aromatic rings. The average Bonchev–Trinajstić information content (AvgIpc) is 2.60. The van der Waals surface area contributed by atoms with Crippen LogP contribution in [0.4, 0.5) is 10.1 Å². The molecule has 1 N–H and O–H groups in total. The first-order valence-electron chi connectivity index (χ1n) is 7.74. The maximum absolute atomic E-state index is 13.4. The Balaban J connectivity index is 2.02. The number of nitrogens with one attached hydrogen (secondary N) is 1. The summed E-state index contributed by atoms with van der Waals surface area (Å²) in [7, 11) is 0. The molecule has 0 fully saturated rings. The van der Waals surface area contributed by atoms with Crippen molar-refractivity contribution >= 4 is 17.6 Å². The maximum atomic E-state index is 13.4. The smallest absolute Gasteiger partial charge is 0.341 e. The number of aryl methyl sites for hydroxylation is 2. The summed E-state index contributed by atoms with van der Waals surface area (Å²) >= 11 is 0. The Kier molecular flexibility index (Phi) is 6.01. The van der Waals surface area contributed by atoms with E-state index < -0.39 is 24.3 Å². The molecule has 24 heavy (non-hydrogen) atoms. The third-order valence-electron chi connectivity index (χ3n) is 3.59. The minimum absolute atomic E-state index is 0.249. The van der Waals surface area contributed by atoms with E-state index in [0.717, 1.165) is 35.9 Å². The number of anilines is 1. The first-order chi connectivity index (χ1) is 11.6. The third-order valence-corrected chi connectivity index (χ3v) is 3.59. The number of carbonyl (C=O) groups excluding carboxylic acids is 2. The third kappa shape index (κ3) is 4.16. The van der Waals surface area contributed by atoms with Crippen molar-refractivity contribution in [3.05, 3.63) is 59.2 Å². The van der Waals surface area contributed by atoms with Crippen LogP contribution in [0.15, 0.2) is 36.7 Å². The Labute approximate surface area is 139 Å². The highest BCUT2D eigenvalue weighted by Gasteiger charge is 2.16. The van der Waals surface area contributed by atoms with E-state index in [1.165, 1.54) is 12.3 Å². The number of rotatable bonds is 6. The van der Waals surface area contributed by atoms with Crippen LogP contribution in [0.2, 0.25) is 0 Å². The molecule has 1 heterocycles. The summed E-state index contributed by atoms with van der Waals surface area (Å²) in [6, 6.07) is 7.02. The molecule has 1 amide bonds. The summed E-state index contributed by atoms with van der Waals surface area (Å²) < 4.78 is 18.3. The molecule has 0 radical (unpaired) electrons. The zero-order chi connectivity index (χ0) is 17.5. The molecule has 1 aromatic carbocycles. The Bertz CT molecular complexity index is 725. The van der Waals surface area contributed by atoms with E-state index in [2.05, 4.69) is 10.3 Å². The number of hydrogen-bond donors (Lipinski definition) is 1. The number of halogens is 1. The van der Waals surface area contributed by atoms with Crippen molar-refractivity contribution < 1.29 is 18.7 Å². The molecule has 2 rings (SSSR count). The van der Waals surface area contributed by atoms with Crippen LogP contribution in [0, 0.1) is 5.82 Å². The topological polar surface area (TPSA) is 68.3 Å². The van der Waals surface area contributed by atoms with E-state index in [1.54, 1.807) is 0 Å². The lowest BCUT2D eigenvalue weighted by Crippen LogP contribution is -2.22. The van der Waals surface area contributed by atoms with Gasteiger partial charge in [-0.2, -0.15) is 0 Å². The minimum Gasteiger partial charge on any atom is -0.452 e. The summed E-state index contributed by atoms with van der Waals surface area (Å²) in [5.74, 6) is -2.15. The van der Waals surface area contributed by atoms with Gasteiger partial charge in [-0.1, -0.05) is 32.0 Å². The highest BCUT2D eigenvalue weighted by molar-refractivity contribution is 5.96. The summed E-state index contributed by atoms with van der Waals surface area (Å²) in [5.41, 5.74) is 2.52. The zero-order valence-corrected chi connectivity index (χ0v) is 13.6. The van der Waals surface area contributed by atoms with Crippen LogP contribution in [-0.2, 0) is 22.4 Å². The van der Waals surface area contributed by atoms with Crippen molar-refractivity contribution in [3.8, 4) is 0 Å². The van der Waals surface area contributed by atoms with Gasteiger partial charge in [0.1, 0.15) is 0 Å². The first kappa shape index (κ1) is 17.6. The Morgan fingerprint density at radius 3 is 2.42 bits per heavy atom. The molecule has 0 saturated carbocycles. The van der Waals surface area contributed by atoms with Crippen LogP contribution >= 0.6 is 0 Å². The number of esters is 1. The number of nitrogens with zero attached hydrogens (tertiary/aromatic N) is 1. The van der Waals surface area contributed by atoms with Gasteiger partial charge in [-0.25, -0.2) is 9.18 Å². The molecule has 6 heteroatoms. The van der Waals surface area contributed by atoms with Gasteiger partial charge in [-0.05, 0) is 30.0 Å². The normalized spacial score (nSPS) is 10.3. The van der Waals surface area contributed by atoms with Crippen molar-refractivity contribution in [3.63, 3.8) is 0 Å². The van der Waals surface area contributed by atoms with Crippen LogP contribution < -0.4 is 5.32 Å². The Morgan fingerprint density at radius 2 is 1.83 bits per heavy atom. The lowest BCUT2D eigenvalue weighted by Gasteiger charge is -2.14. The predicted molar refractivity (Wildman–Crippen MR) is 88.3 cm³/mol. The van der Waals surface area contributed by atoms with Crippen molar-refractivity contribution in [1.82, 2.24) is 4.98 Å². The van der Waals surface area contributed by atoms with Crippen molar-refractivity contribution in [2.45, 2.75) is 26.7 Å². The zero-order valence-electron chi connectivity index (χ0n) is 13.6. The second kappa shape index (κ2) is 8.19.